The third kappa shape index (κ3) is 3.31. The quantitative estimate of drug-likeness (QED) is 0.772. The SMILES string of the molecule is Cc1c(CO)cccc1S(=O)(=O)Nc1ccc(I)cc1. The first-order chi connectivity index (χ1) is 9.44. The molecule has 2 rings (SSSR count). The Bertz CT molecular complexity index is 712. The number of benzene rings is 2. The first-order valence-electron chi connectivity index (χ1n) is 5.92. The van der Waals surface area contributed by atoms with E-state index in [4.69, 9.17) is 0 Å². The molecule has 2 N–H and O–H groups in total. The van der Waals surface area contributed by atoms with Gasteiger partial charge in [-0.15, -0.1) is 0 Å². The van der Waals surface area contributed by atoms with Crippen LogP contribution in [0.1, 0.15) is 11.1 Å². The van der Waals surface area contributed by atoms with Gasteiger partial charge in [-0.2, -0.15) is 0 Å². The summed E-state index contributed by atoms with van der Waals surface area (Å²) in [5.41, 5.74) is 1.68. The normalized spacial score (nSPS) is 11.3. The number of anilines is 1. The predicted molar refractivity (Wildman–Crippen MR) is 87.1 cm³/mol. The summed E-state index contributed by atoms with van der Waals surface area (Å²) in [6.07, 6.45) is 0. The van der Waals surface area contributed by atoms with Crippen molar-refractivity contribution in [3.63, 3.8) is 0 Å². The van der Waals surface area contributed by atoms with Crippen LogP contribution in [0.15, 0.2) is 47.4 Å². The highest BCUT2D eigenvalue weighted by Gasteiger charge is 2.18. The molecule has 0 heterocycles. The lowest BCUT2D eigenvalue weighted by Gasteiger charge is -2.12. The molecule has 0 unspecified atom stereocenters. The molecule has 0 bridgehead atoms. The fourth-order valence-corrected chi connectivity index (χ4v) is 3.56. The predicted octanol–water partition coefficient (Wildman–Crippen LogP) is 2.89. The second kappa shape index (κ2) is 6.11. The van der Waals surface area contributed by atoms with Crippen molar-refractivity contribution in [2.24, 2.45) is 0 Å². The standard InChI is InChI=1S/C14H14INO3S/c1-10-11(9-17)3-2-4-14(10)20(18,19)16-13-7-5-12(15)6-8-13/h2-8,16-17H,9H2,1H3. The van der Waals surface area contributed by atoms with Crippen molar-refractivity contribution in [1.29, 1.82) is 0 Å². The molecule has 0 aliphatic carbocycles. The van der Waals surface area contributed by atoms with E-state index in [1.54, 1.807) is 31.2 Å². The summed E-state index contributed by atoms with van der Waals surface area (Å²) in [5, 5.41) is 9.21. The molecule has 4 nitrogen and oxygen atoms in total. The summed E-state index contributed by atoms with van der Waals surface area (Å²) in [4.78, 5) is 0.183. The van der Waals surface area contributed by atoms with Crippen LogP contribution in [0.4, 0.5) is 5.69 Å². The Balaban J connectivity index is 2.38. The monoisotopic (exact) mass is 403 g/mol. The van der Waals surface area contributed by atoms with Gasteiger partial charge >= 0.3 is 0 Å². The van der Waals surface area contributed by atoms with Crippen LogP contribution < -0.4 is 4.72 Å². The number of halogens is 1. The Labute approximate surface area is 132 Å². The van der Waals surface area contributed by atoms with Gasteiger partial charge in [0, 0.05) is 9.26 Å². The van der Waals surface area contributed by atoms with E-state index >= 15 is 0 Å². The van der Waals surface area contributed by atoms with Crippen LogP contribution in [0.3, 0.4) is 0 Å². The smallest absolute Gasteiger partial charge is 0.262 e. The Morgan fingerprint density at radius 1 is 1.15 bits per heavy atom. The van der Waals surface area contributed by atoms with Crippen molar-refractivity contribution >= 4 is 38.3 Å². The molecule has 2 aromatic rings. The average molecular weight is 403 g/mol. The fourth-order valence-electron chi connectivity index (χ4n) is 1.85. The Morgan fingerprint density at radius 2 is 1.80 bits per heavy atom. The molecule has 0 atom stereocenters. The van der Waals surface area contributed by atoms with Crippen molar-refractivity contribution in [3.8, 4) is 0 Å². The summed E-state index contributed by atoms with van der Waals surface area (Å²) in [6.45, 7) is 1.51. The molecule has 0 saturated carbocycles. The summed E-state index contributed by atoms with van der Waals surface area (Å²) < 4.78 is 28.3. The minimum atomic E-state index is -3.65. The van der Waals surface area contributed by atoms with E-state index in [2.05, 4.69) is 27.3 Å². The highest BCUT2D eigenvalue weighted by atomic mass is 127. The molecule has 0 amide bonds. The summed E-state index contributed by atoms with van der Waals surface area (Å²) in [7, 11) is -3.65. The van der Waals surface area contributed by atoms with Gasteiger partial charge in [0.1, 0.15) is 0 Å². The molecule has 0 fully saturated rings. The van der Waals surface area contributed by atoms with Gasteiger partial charge in [-0.25, -0.2) is 8.42 Å². The maximum atomic E-state index is 12.4. The molecule has 0 aliphatic rings. The Hall–Kier alpha value is -1.12. The van der Waals surface area contributed by atoms with E-state index in [0.29, 0.717) is 16.8 Å². The molecule has 0 aromatic heterocycles. The molecular formula is C14H14INO3S. The lowest BCUT2D eigenvalue weighted by molar-refractivity contribution is 0.280. The van der Waals surface area contributed by atoms with Crippen molar-refractivity contribution < 1.29 is 13.5 Å². The van der Waals surface area contributed by atoms with Crippen LogP contribution in [-0.2, 0) is 16.6 Å². The van der Waals surface area contributed by atoms with Crippen molar-refractivity contribution in [1.82, 2.24) is 0 Å². The average Bonchev–Trinajstić information content (AvgIpc) is 2.41. The zero-order valence-corrected chi connectivity index (χ0v) is 13.8. The van der Waals surface area contributed by atoms with E-state index < -0.39 is 10.0 Å². The van der Waals surface area contributed by atoms with Gasteiger partial charge in [0.05, 0.1) is 11.5 Å². The zero-order chi connectivity index (χ0) is 14.8. The number of hydrogen-bond donors (Lipinski definition) is 2. The van der Waals surface area contributed by atoms with Crippen LogP contribution in [0, 0.1) is 10.5 Å². The molecular weight excluding hydrogens is 389 g/mol. The number of rotatable bonds is 4. The molecule has 0 aliphatic heterocycles. The van der Waals surface area contributed by atoms with Gasteiger partial charge in [0.15, 0.2) is 0 Å². The van der Waals surface area contributed by atoms with Crippen LogP contribution in [0.5, 0.6) is 0 Å². The van der Waals surface area contributed by atoms with Crippen LogP contribution in [0.25, 0.3) is 0 Å². The number of sulfonamides is 1. The number of hydrogen-bond acceptors (Lipinski definition) is 3. The topological polar surface area (TPSA) is 66.4 Å². The molecule has 6 heteroatoms. The van der Waals surface area contributed by atoms with Gasteiger partial charge in [-0.05, 0) is 71.0 Å². The number of aliphatic hydroxyl groups is 1. The Kier molecular flexibility index (Phi) is 4.66. The van der Waals surface area contributed by atoms with E-state index in [1.807, 2.05) is 12.1 Å². The summed E-state index contributed by atoms with van der Waals surface area (Å²) in [6, 6.07) is 11.9. The van der Waals surface area contributed by atoms with Crippen molar-refractivity contribution in [3.05, 3.63) is 57.2 Å². The van der Waals surface area contributed by atoms with E-state index in [-0.39, 0.29) is 11.5 Å². The molecule has 20 heavy (non-hydrogen) atoms. The Morgan fingerprint density at radius 3 is 2.40 bits per heavy atom. The highest BCUT2D eigenvalue weighted by molar-refractivity contribution is 14.1. The largest absolute Gasteiger partial charge is 0.392 e. The van der Waals surface area contributed by atoms with Gasteiger partial charge in [0.25, 0.3) is 10.0 Å². The van der Waals surface area contributed by atoms with Gasteiger partial charge in [-0.1, -0.05) is 12.1 Å². The van der Waals surface area contributed by atoms with E-state index in [9.17, 15) is 13.5 Å². The van der Waals surface area contributed by atoms with Crippen LogP contribution >= 0.6 is 22.6 Å². The summed E-state index contributed by atoms with van der Waals surface area (Å²) in [5.74, 6) is 0. The van der Waals surface area contributed by atoms with Gasteiger partial charge in [-0.3, -0.25) is 4.72 Å². The third-order valence-electron chi connectivity index (χ3n) is 2.95. The first-order valence-corrected chi connectivity index (χ1v) is 8.48. The minimum Gasteiger partial charge on any atom is -0.392 e. The van der Waals surface area contributed by atoms with E-state index in [0.717, 1.165) is 3.57 Å². The lowest BCUT2D eigenvalue weighted by Crippen LogP contribution is -2.15. The highest BCUT2D eigenvalue weighted by Crippen LogP contribution is 2.22. The maximum absolute atomic E-state index is 12.4. The molecule has 2 aromatic carbocycles. The molecule has 0 spiro atoms. The van der Waals surface area contributed by atoms with Crippen LogP contribution in [-0.4, -0.2) is 13.5 Å². The maximum Gasteiger partial charge on any atom is 0.262 e. The number of nitrogens with one attached hydrogen (secondary N) is 1. The van der Waals surface area contributed by atoms with Crippen LogP contribution in [0.2, 0.25) is 0 Å². The molecule has 106 valence electrons. The molecule has 0 saturated heterocycles. The van der Waals surface area contributed by atoms with Gasteiger partial charge < -0.3 is 5.11 Å². The summed E-state index contributed by atoms with van der Waals surface area (Å²) >= 11 is 2.15. The minimum absolute atomic E-state index is 0.182. The number of aliphatic hydroxyl groups excluding tert-OH is 1. The van der Waals surface area contributed by atoms with Crippen molar-refractivity contribution in [2.45, 2.75) is 18.4 Å². The van der Waals surface area contributed by atoms with Gasteiger partial charge in [0.2, 0.25) is 0 Å². The lowest BCUT2D eigenvalue weighted by atomic mass is 10.1. The fraction of sp³-hybridized carbons (Fsp3) is 0.143. The second-order valence-corrected chi connectivity index (χ2v) is 7.21. The molecule has 0 radical (unpaired) electrons. The first kappa shape index (κ1) is 15.3. The second-order valence-electron chi connectivity index (χ2n) is 4.31. The van der Waals surface area contributed by atoms with E-state index in [1.165, 1.54) is 6.07 Å². The zero-order valence-electron chi connectivity index (χ0n) is 10.8. The van der Waals surface area contributed by atoms with Crippen molar-refractivity contribution in [2.75, 3.05) is 4.72 Å². The third-order valence-corrected chi connectivity index (χ3v) is 5.20.